The molecule has 31 heavy (non-hydrogen) atoms. The molecule has 0 bridgehead atoms. The zero-order chi connectivity index (χ0) is 21.7. The molecule has 0 aliphatic carbocycles. The number of nitrogen functional groups attached to an aromatic ring is 1. The number of nitrogens with two attached hydrogens (primary N) is 1. The van der Waals surface area contributed by atoms with Crippen molar-refractivity contribution >= 4 is 34.2 Å². The maximum absolute atomic E-state index is 11.4. The maximum Gasteiger partial charge on any atom is 0.289 e. The Balaban J connectivity index is 1.67. The van der Waals surface area contributed by atoms with Crippen LogP contribution in [0.25, 0.3) is 11.2 Å². The van der Waals surface area contributed by atoms with Gasteiger partial charge >= 0.3 is 0 Å². The Morgan fingerprint density at radius 3 is 2.65 bits per heavy atom. The summed E-state index contributed by atoms with van der Waals surface area (Å²) < 4.78 is 2.53. The molecule has 156 valence electrons. The summed E-state index contributed by atoms with van der Waals surface area (Å²) >= 11 is 0. The number of anilines is 2. The molecule has 1 aliphatic rings. The van der Waals surface area contributed by atoms with Crippen molar-refractivity contribution in [3.8, 4) is 0 Å². The van der Waals surface area contributed by atoms with Crippen molar-refractivity contribution < 1.29 is 15.0 Å². The van der Waals surface area contributed by atoms with E-state index in [0.717, 1.165) is 32.8 Å². The van der Waals surface area contributed by atoms with Crippen LogP contribution >= 0.6 is 0 Å². The fourth-order valence-electron chi connectivity index (χ4n) is 4.02. The Morgan fingerprint density at radius 1 is 1.06 bits per heavy atom. The second-order valence-corrected chi connectivity index (χ2v) is 7.58. The Kier molecular flexibility index (Phi) is 4.33. The van der Waals surface area contributed by atoms with Crippen molar-refractivity contribution in [3.63, 3.8) is 0 Å². The molecule has 0 fully saturated rings. The third kappa shape index (κ3) is 2.98. The van der Waals surface area contributed by atoms with E-state index in [1.165, 1.54) is 6.33 Å². The molecule has 1 aliphatic heterocycles. The molecule has 0 saturated heterocycles. The molecule has 4 N–H and O–H groups in total. The molecule has 1 atom stereocenters. The van der Waals surface area contributed by atoms with Crippen LogP contribution in [0.4, 0.5) is 17.2 Å². The number of aliphatic hydroxyl groups is 1. The van der Waals surface area contributed by atoms with Crippen molar-refractivity contribution in [2.45, 2.75) is 26.6 Å². The van der Waals surface area contributed by atoms with E-state index in [-0.39, 0.29) is 5.82 Å². The van der Waals surface area contributed by atoms with Gasteiger partial charge in [-0.3, -0.25) is 9.47 Å². The van der Waals surface area contributed by atoms with Crippen LogP contribution in [0, 0.1) is 13.8 Å². The van der Waals surface area contributed by atoms with Gasteiger partial charge in [-0.05, 0) is 37.1 Å². The largest absolute Gasteiger partial charge is 0.371 e. The van der Waals surface area contributed by atoms with Crippen molar-refractivity contribution in [3.05, 3.63) is 71.8 Å². The van der Waals surface area contributed by atoms with Gasteiger partial charge < -0.3 is 16.0 Å². The first-order valence-electron chi connectivity index (χ1n) is 9.86. The quantitative estimate of drug-likeness (QED) is 0.349. The van der Waals surface area contributed by atoms with Gasteiger partial charge in [0.1, 0.15) is 5.84 Å². The summed E-state index contributed by atoms with van der Waals surface area (Å²) in [7, 11) is 0. The van der Waals surface area contributed by atoms with Crippen molar-refractivity contribution in [2.24, 2.45) is 4.99 Å². The van der Waals surface area contributed by atoms with Crippen LogP contribution in [0.5, 0.6) is 0 Å². The summed E-state index contributed by atoms with van der Waals surface area (Å²) in [4.78, 5) is 15.3. The molecule has 5 rings (SSSR count). The predicted octanol–water partition coefficient (Wildman–Crippen LogP) is 2.40. The fraction of sp³-hybridized carbons (Fsp3) is 0.182. The number of aryl methyl sites for hydroxylation is 2. The molecule has 1 unspecified atom stereocenters. The second-order valence-electron chi connectivity index (χ2n) is 7.58. The lowest BCUT2D eigenvalue weighted by molar-refractivity contribution is -0.894. The highest BCUT2D eigenvalue weighted by atomic mass is 16.5. The van der Waals surface area contributed by atoms with E-state index in [4.69, 9.17) is 10.7 Å². The zero-order valence-electron chi connectivity index (χ0n) is 17.1. The molecule has 0 amide bonds. The Labute approximate surface area is 178 Å². The van der Waals surface area contributed by atoms with Gasteiger partial charge in [-0.25, -0.2) is 9.98 Å². The summed E-state index contributed by atoms with van der Waals surface area (Å²) in [5, 5.41) is 21.2. The lowest BCUT2D eigenvalue weighted by Crippen LogP contribution is -2.40. The Hall–Kier alpha value is -3.98. The first kappa shape index (κ1) is 19.0. The number of amidine groups is 1. The van der Waals surface area contributed by atoms with Crippen molar-refractivity contribution in [1.82, 2.24) is 14.5 Å². The van der Waals surface area contributed by atoms with E-state index in [1.54, 1.807) is 10.9 Å². The molecular formula is C22H22N7O2+. The monoisotopic (exact) mass is 416 g/mol. The van der Waals surface area contributed by atoms with E-state index in [9.17, 15) is 10.3 Å². The van der Waals surface area contributed by atoms with Crippen LogP contribution in [0.3, 0.4) is 0 Å². The summed E-state index contributed by atoms with van der Waals surface area (Å²) in [5.41, 5.74) is 11.2. The molecule has 9 nitrogen and oxygen atoms in total. The van der Waals surface area contributed by atoms with E-state index in [0.29, 0.717) is 23.5 Å². The summed E-state index contributed by atoms with van der Waals surface area (Å²) in [6.07, 6.45) is 1.94. The number of nitrogens with zero attached hydrogens (tertiary/aromatic N) is 6. The minimum absolute atomic E-state index is 0.103. The van der Waals surface area contributed by atoms with Crippen LogP contribution < -0.4 is 15.4 Å². The minimum atomic E-state index is -0.891. The highest BCUT2D eigenvalue weighted by molar-refractivity contribution is 6.02. The lowest BCUT2D eigenvalue weighted by atomic mass is 10.0. The second kappa shape index (κ2) is 7.06. The molecule has 9 heteroatoms. The Morgan fingerprint density at radius 2 is 1.84 bits per heavy atom. The molecule has 3 heterocycles. The number of para-hydroxylation sites is 1. The van der Waals surface area contributed by atoms with Crippen LogP contribution in [0.1, 0.15) is 22.9 Å². The molecule has 0 saturated carbocycles. The first-order valence-corrected chi connectivity index (χ1v) is 9.86. The zero-order valence-corrected chi connectivity index (χ0v) is 17.1. The summed E-state index contributed by atoms with van der Waals surface area (Å²) in [5.74, 6) is 0.742. The smallest absolute Gasteiger partial charge is 0.289 e. The summed E-state index contributed by atoms with van der Waals surface area (Å²) in [6, 6.07) is 13.7. The van der Waals surface area contributed by atoms with E-state index in [2.05, 4.69) is 9.97 Å². The number of rotatable bonds is 3. The normalized spacial score (nSPS) is 15.8. The summed E-state index contributed by atoms with van der Waals surface area (Å²) in [6.45, 7) is 4.28. The molecule has 4 aromatic rings. The van der Waals surface area contributed by atoms with Gasteiger partial charge in [0, 0.05) is 11.3 Å². The van der Waals surface area contributed by atoms with Crippen LogP contribution in [-0.4, -0.2) is 30.7 Å². The highest BCUT2D eigenvalue weighted by Gasteiger charge is 2.32. The van der Waals surface area contributed by atoms with Gasteiger partial charge in [0.25, 0.3) is 12.1 Å². The third-order valence-corrected chi connectivity index (χ3v) is 5.61. The van der Waals surface area contributed by atoms with E-state index < -0.39 is 6.23 Å². The number of fused-ring (bicyclic) bond motifs is 2. The van der Waals surface area contributed by atoms with E-state index >= 15 is 0 Å². The van der Waals surface area contributed by atoms with Crippen molar-refractivity contribution in [2.75, 3.05) is 10.6 Å². The lowest BCUT2D eigenvalue weighted by Gasteiger charge is -2.36. The fourth-order valence-corrected chi connectivity index (χ4v) is 4.02. The molecule has 2 aromatic carbocycles. The highest BCUT2D eigenvalue weighted by Crippen LogP contribution is 2.39. The Bertz CT molecular complexity index is 1350. The number of hydrogen-bond donors (Lipinski definition) is 3. The van der Waals surface area contributed by atoms with Gasteiger partial charge in [-0.1, -0.05) is 40.0 Å². The van der Waals surface area contributed by atoms with E-state index in [1.807, 2.05) is 61.2 Å². The van der Waals surface area contributed by atoms with Gasteiger partial charge in [0.15, 0.2) is 6.23 Å². The number of benzene rings is 2. The number of aromatic nitrogens is 4. The van der Waals surface area contributed by atoms with Crippen LogP contribution in [0.2, 0.25) is 0 Å². The SMILES string of the molecule is Cc1ccccc1N1C(Cn2cnc3c(N)[n+](O)cnc32)=Nc2cccc(C)c2C1O. The number of aliphatic imine (C=N–C) groups is 1. The van der Waals surface area contributed by atoms with Gasteiger partial charge in [-0.2, -0.15) is 0 Å². The van der Waals surface area contributed by atoms with Gasteiger partial charge in [0.2, 0.25) is 11.2 Å². The first-order chi connectivity index (χ1) is 15.0. The van der Waals surface area contributed by atoms with Crippen molar-refractivity contribution in [1.29, 1.82) is 0 Å². The maximum atomic E-state index is 11.4. The third-order valence-electron chi connectivity index (χ3n) is 5.61. The average Bonchev–Trinajstić information content (AvgIpc) is 3.15. The molecule has 2 aromatic heterocycles. The number of aliphatic hydroxyl groups excluding tert-OH is 1. The molecule has 0 radical (unpaired) electrons. The molecular weight excluding hydrogens is 394 g/mol. The predicted molar refractivity (Wildman–Crippen MR) is 116 cm³/mol. The standard InChI is InChI=1S/C22H21N7O2/c1-13-6-3-4-9-16(13)29-17(26-15-8-5-7-14(2)18(15)22(29)30)10-27-11-24-19-20(23)28(31)12-25-21(19)27/h3-9,11-12,22-23,30-31H,10H2,1-2H3/p+1. The number of hydrogen-bond acceptors (Lipinski definition) is 7. The topological polar surface area (TPSA) is 117 Å². The minimum Gasteiger partial charge on any atom is -0.371 e. The van der Waals surface area contributed by atoms with Crippen LogP contribution in [0.15, 0.2) is 60.1 Å². The number of imidazole rings is 1. The van der Waals surface area contributed by atoms with Gasteiger partial charge in [-0.15, -0.1) is 0 Å². The van der Waals surface area contributed by atoms with Crippen LogP contribution in [-0.2, 0) is 6.54 Å². The average molecular weight is 416 g/mol. The molecule has 0 spiro atoms. The van der Waals surface area contributed by atoms with Gasteiger partial charge in [0.05, 0.1) is 18.6 Å².